The standard InChI is InChI=1S/C21H24ClN5O4S/c1-13(27(4)12-19-24-17-8-6-5-7-15(17)21(29)25-19)20(28)23-14-9-10-16(22)18(11-14)32(30,31)26(2)3/h5-11,13H,12H2,1-4H3,(H,23,28)(H,24,25,29). The molecule has 0 spiro atoms. The van der Waals surface area contributed by atoms with Crippen molar-refractivity contribution in [2.75, 3.05) is 26.5 Å². The second kappa shape index (κ2) is 9.37. The first-order chi connectivity index (χ1) is 15.0. The Morgan fingerprint density at radius 2 is 1.88 bits per heavy atom. The number of amides is 1. The molecular weight excluding hydrogens is 454 g/mol. The number of carbonyl (C=O) groups excluding carboxylic acids is 1. The highest BCUT2D eigenvalue weighted by atomic mass is 35.5. The molecule has 0 fully saturated rings. The lowest BCUT2D eigenvalue weighted by Gasteiger charge is -2.23. The lowest BCUT2D eigenvalue weighted by Crippen LogP contribution is -2.39. The van der Waals surface area contributed by atoms with Gasteiger partial charge in [-0.25, -0.2) is 17.7 Å². The number of fused-ring (bicyclic) bond motifs is 1. The molecule has 170 valence electrons. The van der Waals surface area contributed by atoms with Gasteiger partial charge in [0.1, 0.15) is 10.7 Å². The first kappa shape index (κ1) is 23.9. The Bertz CT molecular complexity index is 1320. The van der Waals surface area contributed by atoms with Crippen molar-refractivity contribution in [2.45, 2.75) is 24.4 Å². The molecule has 1 aromatic heterocycles. The Morgan fingerprint density at radius 1 is 1.19 bits per heavy atom. The van der Waals surface area contributed by atoms with Crippen molar-refractivity contribution >= 4 is 44.1 Å². The summed E-state index contributed by atoms with van der Waals surface area (Å²) in [6.07, 6.45) is 0. The molecule has 0 saturated heterocycles. The van der Waals surface area contributed by atoms with Gasteiger partial charge in [-0.15, -0.1) is 0 Å². The SMILES string of the molecule is CC(C(=O)Nc1ccc(Cl)c(S(=O)(=O)N(C)C)c1)N(C)Cc1nc2ccccc2c(=O)[nH]1. The number of aromatic nitrogens is 2. The van der Waals surface area contributed by atoms with Crippen LogP contribution in [0.25, 0.3) is 10.9 Å². The van der Waals surface area contributed by atoms with E-state index < -0.39 is 16.1 Å². The number of para-hydroxylation sites is 1. The van der Waals surface area contributed by atoms with Crippen LogP contribution in [0.3, 0.4) is 0 Å². The van der Waals surface area contributed by atoms with E-state index in [9.17, 15) is 18.0 Å². The second-order valence-corrected chi connectivity index (χ2v) is 10.1. The summed E-state index contributed by atoms with van der Waals surface area (Å²) in [4.78, 5) is 33.8. The van der Waals surface area contributed by atoms with Gasteiger partial charge in [-0.05, 0) is 44.3 Å². The summed E-state index contributed by atoms with van der Waals surface area (Å²) in [5, 5.41) is 3.27. The van der Waals surface area contributed by atoms with Crippen LogP contribution in [0.5, 0.6) is 0 Å². The number of benzene rings is 2. The van der Waals surface area contributed by atoms with Crippen LogP contribution in [0, 0.1) is 0 Å². The molecule has 0 radical (unpaired) electrons. The van der Waals surface area contributed by atoms with E-state index in [-0.39, 0.29) is 27.9 Å². The highest BCUT2D eigenvalue weighted by Crippen LogP contribution is 2.27. The van der Waals surface area contributed by atoms with Gasteiger partial charge in [-0.3, -0.25) is 14.5 Å². The minimum Gasteiger partial charge on any atom is -0.325 e. The highest BCUT2D eigenvalue weighted by Gasteiger charge is 2.23. The average Bonchev–Trinajstić information content (AvgIpc) is 2.74. The molecule has 32 heavy (non-hydrogen) atoms. The van der Waals surface area contributed by atoms with E-state index in [0.717, 1.165) is 4.31 Å². The van der Waals surface area contributed by atoms with Crippen LogP contribution in [-0.4, -0.2) is 60.7 Å². The van der Waals surface area contributed by atoms with Gasteiger partial charge < -0.3 is 10.3 Å². The third-order valence-electron chi connectivity index (χ3n) is 5.06. The van der Waals surface area contributed by atoms with Crippen LogP contribution < -0.4 is 10.9 Å². The molecular formula is C21H24ClN5O4S. The predicted octanol–water partition coefficient (Wildman–Crippen LogP) is 2.29. The van der Waals surface area contributed by atoms with Crippen molar-refractivity contribution in [1.82, 2.24) is 19.2 Å². The van der Waals surface area contributed by atoms with Gasteiger partial charge in [0.05, 0.1) is 28.5 Å². The van der Waals surface area contributed by atoms with E-state index in [1.165, 1.54) is 32.3 Å². The second-order valence-electron chi connectivity index (χ2n) is 7.54. The van der Waals surface area contributed by atoms with Crippen molar-refractivity contribution in [3.05, 3.63) is 63.7 Å². The van der Waals surface area contributed by atoms with E-state index in [1.807, 2.05) is 0 Å². The monoisotopic (exact) mass is 477 g/mol. The van der Waals surface area contributed by atoms with Gasteiger partial charge in [-0.1, -0.05) is 23.7 Å². The van der Waals surface area contributed by atoms with Crippen LogP contribution in [0.15, 0.2) is 52.2 Å². The van der Waals surface area contributed by atoms with Crippen molar-refractivity contribution in [2.24, 2.45) is 0 Å². The normalized spacial score (nSPS) is 13.0. The minimum atomic E-state index is -3.77. The zero-order chi connectivity index (χ0) is 23.6. The number of rotatable bonds is 7. The molecule has 9 nitrogen and oxygen atoms in total. The summed E-state index contributed by atoms with van der Waals surface area (Å²) >= 11 is 6.06. The van der Waals surface area contributed by atoms with Gasteiger partial charge >= 0.3 is 0 Å². The smallest absolute Gasteiger partial charge is 0.258 e. The molecule has 2 N–H and O–H groups in total. The number of H-pyrrole nitrogens is 1. The van der Waals surface area contributed by atoms with Gasteiger partial charge in [-0.2, -0.15) is 0 Å². The number of nitrogens with one attached hydrogen (secondary N) is 2. The molecule has 2 aromatic carbocycles. The minimum absolute atomic E-state index is 0.0631. The lowest BCUT2D eigenvalue weighted by molar-refractivity contribution is -0.120. The number of sulfonamides is 1. The Kier molecular flexibility index (Phi) is 6.99. The van der Waals surface area contributed by atoms with Crippen molar-refractivity contribution in [1.29, 1.82) is 0 Å². The topological polar surface area (TPSA) is 115 Å². The van der Waals surface area contributed by atoms with Crippen LogP contribution in [-0.2, 0) is 21.4 Å². The fourth-order valence-corrected chi connectivity index (χ4v) is 4.40. The first-order valence-electron chi connectivity index (χ1n) is 9.72. The van der Waals surface area contributed by atoms with Crippen molar-refractivity contribution in [3.8, 4) is 0 Å². The molecule has 1 amide bonds. The summed E-state index contributed by atoms with van der Waals surface area (Å²) in [7, 11) is 0.762. The maximum absolute atomic E-state index is 12.8. The van der Waals surface area contributed by atoms with Gasteiger partial charge in [0.2, 0.25) is 15.9 Å². The summed E-state index contributed by atoms with van der Waals surface area (Å²) in [5.41, 5.74) is 0.636. The fraction of sp³-hybridized carbons (Fsp3) is 0.286. The average molecular weight is 478 g/mol. The van der Waals surface area contributed by atoms with Crippen LogP contribution in [0.1, 0.15) is 12.7 Å². The van der Waals surface area contributed by atoms with E-state index in [1.54, 1.807) is 43.1 Å². The molecule has 0 saturated carbocycles. The number of hydrogen-bond donors (Lipinski definition) is 2. The lowest BCUT2D eigenvalue weighted by atomic mass is 10.2. The maximum Gasteiger partial charge on any atom is 0.258 e. The predicted molar refractivity (Wildman–Crippen MR) is 124 cm³/mol. The van der Waals surface area contributed by atoms with Crippen molar-refractivity contribution in [3.63, 3.8) is 0 Å². The summed E-state index contributed by atoms with van der Waals surface area (Å²) in [6, 6.07) is 10.7. The van der Waals surface area contributed by atoms with Crippen LogP contribution >= 0.6 is 11.6 Å². The van der Waals surface area contributed by atoms with Gasteiger partial charge in [0, 0.05) is 19.8 Å². The number of hydrogen-bond acceptors (Lipinski definition) is 6. The highest BCUT2D eigenvalue weighted by molar-refractivity contribution is 7.89. The van der Waals surface area contributed by atoms with Crippen LogP contribution in [0.2, 0.25) is 5.02 Å². The third kappa shape index (κ3) is 4.99. The summed E-state index contributed by atoms with van der Waals surface area (Å²) < 4.78 is 25.9. The molecule has 0 aliphatic heterocycles. The molecule has 1 atom stereocenters. The van der Waals surface area contributed by atoms with E-state index >= 15 is 0 Å². The number of anilines is 1. The first-order valence-corrected chi connectivity index (χ1v) is 11.5. The molecule has 0 bridgehead atoms. The summed E-state index contributed by atoms with van der Waals surface area (Å²) in [6.45, 7) is 1.93. The molecule has 0 aliphatic rings. The van der Waals surface area contributed by atoms with E-state index in [4.69, 9.17) is 11.6 Å². The van der Waals surface area contributed by atoms with Gasteiger partial charge in [0.25, 0.3) is 5.56 Å². The van der Waals surface area contributed by atoms with Crippen LogP contribution in [0.4, 0.5) is 5.69 Å². The zero-order valence-electron chi connectivity index (χ0n) is 18.1. The molecule has 1 heterocycles. The Hall–Kier alpha value is -2.79. The third-order valence-corrected chi connectivity index (χ3v) is 7.36. The molecule has 0 aliphatic carbocycles. The van der Waals surface area contributed by atoms with E-state index in [2.05, 4.69) is 15.3 Å². The number of halogens is 1. The number of nitrogens with zero attached hydrogens (tertiary/aromatic N) is 3. The number of likely N-dealkylation sites (N-methyl/N-ethyl adjacent to an activating group) is 1. The Labute approximate surface area is 191 Å². The largest absolute Gasteiger partial charge is 0.325 e. The molecule has 3 aromatic rings. The number of aromatic amines is 1. The molecule has 11 heteroatoms. The Morgan fingerprint density at radius 3 is 2.56 bits per heavy atom. The van der Waals surface area contributed by atoms with E-state index in [0.29, 0.717) is 22.4 Å². The molecule has 1 unspecified atom stereocenters. The summed E-state index contributed by atoms with van der Waals surface area (Å²) in [5.74, 6) is 0.0767. The molecule has 3 rings (SSSR count). The zero-order valence-corrected chi connectivity index (χ0v) is 19.7. The quantitative estimate of drug-likeness (QED) is 0.539. The Balaban J connectivity index is 1.75. The van der Waals surface area contributed by atoms with Crippen molar-refractivity contribution < 1.29 is 13.2 Å². The maximum atomic E-state index is 12.8. The fourth-order valence-electron chi connectivity index (χ4n) is 3.01. The van der Waals surface area contributed by atoms with Gasteiger partial charge in [0.15, 0.2) is 0 Å². The number of carbonyl (C=O) groups is 1.